The summed E-state index contributed by atoms with van der Waals surface area (Å²) in [4.78, 5) is 41.2. The molecule has 1 N–H and O–H groups in total. The van der Waals surface area contributed by atoms with Gasteiger partial charge in [0, 0.05) is 38.2 Å². The number of nitrogens with zero attached hydrogens (tertiary/aromatic N) is 2. The van der Waals surface area contributed by atoms with E-state index in [2.05, 4.69) is 5.32 Å². The van der Waals surface area contributed by atoms with Crippen LogP contribution in [0.3, 0.4) is 0 Å². The summed E-state index contributed by atoms with van der Waals surface area (Å²) >= 11 is 0. The molecule has 1 aliphatic rings. The van der Waals surface area contributed by atoms with E-state index < -0.39 is 27.0 Å². The molecule has 1 saturated heterocycles. The van der Waals surface area contributed by atoms with Crippen molar-refractivity contribution in [1.82, 2.24) is 15.1 Å². The molecule has 3 amide bonds. The molecule has 2 aromatic rings. The summed E-state index contributed by atoms with van der Waals surface area (Å²) in [5.74, 6) is -1.37. The summed E-state index contributed by atoms with van der Waals surface area (Å²) in [5, 5.41) is 0.674. The minimum Gasteiger partial charge on any atom is -0.339 e. The van der Waals surface area contributed by atoms with Crippen LogP contribution in [0.15, 0.2) is 53.4 Å². The molecule has 0 spiro atoms. The lowest BCUT2D eigenvalue weighted by Crippen LogP contribution is -2.57. The number of carbonyl (C=O) groups excluding carboxylic acids is 3. The maximum atomic E-state index is 13.4. The average Bonchev–Trinajstić information content (AvgIpc) is 2.82. The van der Waals surface area contributed by atoms with Crippen molar-refractivity contribution in [3.63, 3.8) is 0 Å². The van der Waals surface area contributed by atoms with E-state index in [-0.39, 0.29) is 29.5 Å². The molecule has 1 aliphatic heterocycles. The lowest BCUT2D eigenvalue weighted by molar-refractivity contribution is -0.139. The van der Waals surface area contributed by atoms with Crippen LogP contribution in [0.4, 0.5) is 0 Å². The Labute approximate surface area is 194 Å². The van der Waals surface area contributed by atoms with Gasteiger partial charge in [-0.2, -0.15) is 0 Å². The van der Waals surface area contributed by atoms with Gasteiger partial charge in [-0.05, 0) is 38.1 Å². The molecule has 2 aromatic carbocycles. The smallest absolute Gasteiger partial charge is 0.261 e. The third kappa shape index (κ3) is 5.60. The highest BCUT2D eigenvalue weighted by Gasteiger charge is 2.39. The topological polar surface area (TPSA) is 104 Å². The van der Waals surface area contributed by atoms with E-state index in [1.54, 1.807) is 48.2 Å². The molecule has 1 heterocycles. The van der Waals surface area contributed by atoms with E-state index >= 15 is 0 Å². The number of hydrogen-bond donors (Lipinski definition) is 1. The zero-order chi connectivity index (χ0) is 24.2. The van der Waals surface area contributed by atoms with Gasteiger partial charge >= 0.3 is 0 Å². The zero-order valence-electron chi connectivity index (χ0n) is 19.1. The van der Waals surface area contributed by atoms with Crippen LogP contribution in [0.5, 0.6) is 0 Å². The quantitative estimate of drug-likeness (QED) is 0.693. The van der Waals surface area contributed by atoms with Gasteiger partial charge in [0.25, 0.3) is 11.8 Å². The van der Waals surface area contributed by atoms with Crippen LogP contribution in [-0.2, 0) is 19.4 Å². The van der Waals surface area contributed by atoms with Gasteiger partial charge in [-0.25, -0.2) is 8.42 Å². The summed E-state index contributed by atoms with van der Waals surface area (Å²) in [6, 6.07) is 12.8. The fourth-order valence-corrected chi connectivity index (χ4v) is 5.07. The van der Waals surface area contributed by atoms with Crippen molar-refractivity contribution >= 4 is 27.6 Å². The van der Waals surface area contributed by atoms with Crippen LogP contribution in [0.25, 0.3) is 0 Å². The molecule has 1 atom stereocenters. The van der Waals surface area contributed by atoms with Gasteiger partial charge in [0.2, 0.25) is 21.1 Å². The van der Waals surface area contributed by atoms with Gasteiger partial charge in [0.05, 0.1) is 4.90 Å². The molecule has 9 heteroatoms. The molecule has 176 valence electrons. The first-order chi connectivity index (χ1) is 15.6. The summed E-state index contributed by atoms with van der Waals surface area (Å²) in [6.45, 7) is 6.51. The molecule has 3 rings (SSSR count). The normalized spacial score (nSPS) is 15.1. The minimum absolute atomic E-state index is 0.0152. The van der Waals surface area contributed by atoms with Crippen LogP contribution in [0.1, 0.15) is 34.8 Å². The number of rotatable bonds is 6. The van der Waals surface area contributed by atoms with E-state index in [4.69, 9.17) is 0 Å². The van der Waals surface area contributed by atoms with E-state index in [0.29, 0.717) is 19.5 Å². The van der Waals surface area contributed by atoms with Gasteiger partial charge in [-0.3, -0.25) is 14.4 Å². The average molecular weight is 472 g/mol. The second kappa shape index (κ2) is 10.2. The molecule has 8 nitrogen and oxygen atoms in total. The SMILES string of the molecule is CCC(=O)N1CCN(C(=O)C(NC(=O)c2ccc(C)cc2)S(=O)(=O)c2ccc(C)cc2)CC1. The Balaban J connectivity index is 1.88. The Bertz CT molecular complexity index is 1120. The molecule has 0 aliphatic carbocycles. The summed E-state index contributed by atoms with van der Waals surface area (Å²) in [6.07, 6.45) is 0.366. The fourth-order valence-electron chi connectivity index (χ4n) is 3.61. The van der Waals surface area contributed by atoms with Gasteiger partial charge < -0.3 is 15.1 Å². The molecule has 0 saturated carbocycles. The molecule has 0 bridgehead atoms. The number of carbonyl (C=O) groups is 3. The fraction of sp³-hybridized carbons (Fsp3) is 0.375. The number of hydrogen-bond acceptors (Lipinski definition) is 5. The van der Waals surface area contributed by atoms with Crippen LogP contribution >= 0.6 is 0 Å². The molecular weight excluding hydrogens is 442 g/mol. The third-order valence-corrected chi connectivity index (χ3v) is 7.58. The summed E-state index contributed by atoms with van der Waals surface area (Å²) < 4.78 is 26.9. The number of amides is 3. The number of nitrogens with one attached hydrogen (secondary N) is 1. The highest BCUT2D eigenvalue weighted by molar-refractivity contribution is 7.92. The molecule has 1 unspecified atom stereocenters. The van der Waals surface area contributed by atoms with E-state index in [1.807, 2.05) is 13.8 Å². The Morgan fingerprint density at radius 1 is 0.848 bits per heavy atom. The number of sulfone groups is 1. The predicted molar refractivity (Wildman–Crippen MR) is 124 cm³/mol. The van der Waals surface area contributed by atoms with Crippen LogP contribution in [0.2, 0.25) is 0 Å². The Kier molecular flexibility index (Phi) is 7.53. The van der Waals surface area contributed by atoms with Crippen molar-refractivity contribution in [3.8, 4) is 0 Å². The van der Waals surface area contributed by atoms with Crippen molar-refractivity contribution in [2.45, 2.75) is 37.5 Å². The lowest BCUT2D eigenvalue weighted by atomic mass is 10.1. The van der Waals surface area contributed by atoms with Crippen LogP contribution in [-0.4, -0.2) is 67.5 Å². The second-order valence-electron chi connectivity index (χ2n) is 8.14. The maximum absolute atomic E-state index is 13.4. The number of benzene rings is 2. The summed E-state index contributed by atoms with van der Waals surface area (Å²) in [5.41, 5.74) is 2.08. The molecule has 1 fully saturated rings. The van der Waals surface area contributed by atoms with Crippen molar-refractivity contribution in [1.29, 1.82) is 0 Å². The van der Waals surface area contributed by atoms with Crippen molar-refractivity contribution in [2.75, 3.05) is 26.2 Å². The Morgan fingerprint density at radius 2 is 1.33 bits per heavy atom. The molecular formula is C24H29N3O5S. The molecule has 33 heavy (non-hydrogen) atoms. The zero-order valence-corrected chi connectivity index (χ0v) is 19.9. The van der Waals surface area contributed by atoms with Gasteiger partial charge in [-0.15, -0.1) is 0 Å². The first kappa shape index (κ1) is 24.4. The first-order valence-electron chi connectivity index (χ1n) is 10.9. The Hall–Kier alpha value is -3.20. The number of aryl methyl sites for hydroxylation is 2. The van der Waals surface area contributed by atoms with Crippen molar-refractivity contribution in [2.24, 2.45) is 0 Å². The maximum Gasteiger partial charge on any atom is 0.261 e. The highest BCUT2D eigenvalue weighted by Crippen LogP contribution is 2.19. The largest absolute Gasteiger partial charge is 0.339 e. The van der Waals surface area contributed by atoms with Gasteiger partial charge in [0.1, 0.15) is 0 Å². The minimum atomic E-state index is -4.22. The lowest BCUT2D eigenvalue weighted by Gasteiger charge is -2.36. The van der Waals surface area contributed by atoms with Crippen LogP contribution < -0.4 is 5.32 Å². The van der Waals surface area contributed by atoms with Crippen molar-refractivity contribution < 1.29 is 22.8 Å². The standard InChI is InChI=1S/C24H29N3O5S/c1-4-21(28)26-13-15-27(16-14-26)24(30)23(25-22(29)19-9-5-17(2)6-10-19)33(31,32)20-11-7-18(3)8-12-20/h5-12,23H,4,13-16H2,1-3H3,(H,25,29). The predicted octanol–water partition coefficient (Wildman–Crippen LogP) is 1.91. The van der Waals surface area contributed by atoms with E-state index in [9.17, 15) is 22.8 Å². The van der Waals surface area contributed by atoms with Gasteiger partial charge in [0.15, 0.2) is 0 Å². The van der Waals surface area contributed by atoms with E-state index in [0.717, 1.165) is 11.1 Å². The monoisotopic (exact) mass is 471 g/mol. The Morgan fingerprint density at radius 3 is 1.85 bits per heavy atom. The number of piperazine rings is 1. The van der Waals surface area contributed by atoms with Crippen LogP contribution in [0, 0.1) is 13.8 Å². The molecule has 0 radical (unpaired) electrons. The molecule has 0 aromatic heterocycles. The first-order valence-corrected chi connectivity index (χ1v) is 12.4. The van der Waals surface area contributed by atoms with Crippen molar-refractivity contribution in [3.05, 3.63) is 65.2 Å². The third-order valence-electron chi connectivity index (χ3n) is 5.71. The summed E-state index contributed by atoms with van der Waals surface area (Å²) in [7, 11) is -4.22. The highest BCUT2D eigenvalue weighted by atomic mass is 32.2. The second-order valence-corrected chi connectivity index (χ2v) is 10.2. The van der Waals surface area contributed by atoms with E-state index in [1.165, 1.54) is 17.0 Å². The van der Waals surface area contributed by atoms with Gasteiger partial charge in [-0.1, -0.05) is 42.3 Å².